The fourth-order valence-electron chi connectivity index (χ4n) is 2.60. The van der Waals surface area contributed by atoms with E-state index in [-0.39, 0.29) is 0 Å². The van der Waals surface area contributed by atoms with Gasteiger partial charge in [0.05, 0.1) is 0 Å². The number of hydrogen-bond donors (Lipinski definition) is 1. The van der Waals surface area contributed by atoms with Gasteiger partial charge < -0.3 is 10.2 Å². The lowest BCUT2D eigenvalue weighted by Gasteiger charge is -2.28. The summed E-state index contributed by atoms with van der Waals surface area (Å²) in [7, 11) is 4.25. The summed E-state index contributed by atoms with van der Waals surface area (Å²) in [6.45, 7) is 5.64. The van der Waals surface area contributed by atoms with E-state index in [1.165, 1.54) is 18.4 Å². The van der Waals surface area contributed by atoms with Gasteiger partial charge in [-0.05, 0) is 57.6 Å². The van der Waals surface area contributed by atoms with Crippen LogP contribution in [0.2, 0.25) is 5.02 Å². The first-order valence-electron chi connectivity index (χ1n) is 7.25. The van der Waals surface area contributed by atoms with Crippen molar-refractivity contribution in [3.8, 4) is 0 Å². The molecule has 0 spiro atoms. The number of nitrogens with zero attached hydrogens (tertiary/aromatic N) is 1. The van der Waals surface area contributed by atoms with E-state index in [0.29, 0.717) is 12.1 Å². The third kappa shape index (κ3) is 5.13. The van der Waals surface area contributed by atoms with Gasteiger partial charge in [-0.1, -0.05) is 37.6 Å². The van der Waals surface area contributed by atoms with Crippen LogP contribution in [0.1, 0.15) is 44.7 Å². The first-order chi connectivity index (χ1) is 9.12. The summed E-state index contributed by atoms with van der Waals surface area (Å²) in [6.07, 6.45) is 3.56. The summed E-state index contributed by atoms with van der Waals surface area (Å²) in [4.78, 5) is 2.47. The van der Waals surface area contributed by atoms with Crippen molar-refractivity contribution in [1.82, 2.24) is 10.2 Å². The molecule has 1 unspecified atom stereocenters. The van der Waals surface area contributed by atoms with Gasteiger partial charge in [-0.2, -0.15) is 0 Å². The van der Waals surface area contributed by atoms with E-state index in [0.717, 1.165) is 18.0 Å². The number of halogens is 1. The van der Waals surface area contributed by atoms with Crippen LogP contribution in [0.5, 0.6) is 0 Å². The Bertz CT molecular complexity index is 346. The fourth-order valence-corrected chi connectivity index (χ4v) is 2.73. The molecule has 108 valence electrons. The molecule has 0 amide bonds. The Kier molecular flexibility index (Phi) is 7.44. The van der Waals surface area contributed by atoms with Crippen molar-refractivity contribution in [3.05, 3.63) is 34.9 Å². The van der Waals surface area contributed by atoms with Crippen molar-refractivity contribution >= 4 is 11.6 Å². The van der Waals surface area contributed by atoms with Crippen molar-refractivity contribution in [3.63, 3.8) is 0 Å². The minimum absolute atomic E-state index is 0.397. The summed E-state index contributed by atoms with van der Waals surface area (Å²) in [6, 6.07) is 9.25. The van der Waals surface area contributed by atoms with Gasteiger partial charge in [0, 0.05) is 17.1 Å². The highest BCUT2D eigenvalue weighted by atomic mass is 35.5. The zero-order valence-electron chi connectivity index (χ0n) is 12.6. The van der Waals surface area contributed by atoms with Gasteiger partial charge in [-0.15, -0.1) is 0 Å². The number of benzene rings is 1. The summed E-state index contributed by atoms with van der Waals surface area (Å²) in [5.41, 5.74) is 1.31. The molecule has 3 heteroatoms. The molecule has 0 aliphatic rings. The van der Waals surface area contributed by atoms with Crippen LogP contribution >= 0.6 is 11.6 Å². The van der Waals surface area contributed by atoms with Crippen molar-refractivity contribution in [2.45, 2.75) is 45.2 Å². The molecule has 0 heterocycles. The average molecular weight is 283 g/mol. The Hall–Kier alpha value is -0.570. The van der Waals surface area contributed by atoms with Crippen molar-refractivity contribution in [2.75, 3.05) is 20.6 Å². The Morgan fingerprint density at radius 3 is 2.21 bits per heavy atom. The normalized spacial score (nSPS) is 13.2. The molecule has 1 rings (SSSR count). The Morgan fingerprint density at radius 2 is 1.74 bits per heavy atom. The van der Waals surface area contributed by atoms with Crippen LogP contribution in [0.15, 0.2) is 24.3 Å². The molecule has 0 aliphatic heterocycles. The van der Waals surface area contributed by atoms with Crippen LogP contribution in [0.25, 0.3) is 0 Å². The van der Waals surface area contributed by atoms with Crippen LogP contribution in [0.3, 0.4) is 0 Å². The molecule has 0 fully saturated rings. The second kappa shape index (κ2) is 8.57. The highest BCUT2D eigenvalue weighted by Gasteiger charge is 2.14. The van der Waals surface area contributed by atoms with Gasteiger partial charge in [-0.25, -0.2) is 0 Å². The van der Waals surface area contributed by atoms with Crippen LogP contribution < -0.4 is 5.32 Å². The van der Waals surface area contributed by atoms with Crippen LogP contribution in [0, 0.1) is 0 Å². The molecule has 0 radical (unpaired) electrons. The molecule has 2 nitrogen and oxygen atoms in total. The SMILES string of the molecule is CCC(CC)N(C)CCC(NC)c1ccc(Cl)cc1. The Morgan fingerprint density at radius 1 is 1.16 bits per heavy atom. The number of rotatable bonds is 8. The highest BCUT2D eigenvalue weighted by molar-refractivity contribution is 6.30. The van der Waals surface area contributed by atoms with E-state index in [1.54, 1.807) is 0 Å². The second-order valence-corrected chi connectivity index (χ2v) is 5.57. The largest absolute Gasteiger partial charge is 0.313 e. The van der Waals surface area contributed by atoms with Crippen LogP contribution in [0.4, 0.5) is 0 Å². The molecule has 19 heavy (non-hydrogen) atoms. The van der Waals surface area contributed by atoms with E-state index >= 15 is 0 Å². The smallest absolute Gasteiger partial charge is 0.0406 e. The van der Waals surface area contributed by atoms with Gasteiger partial charge in [0.15, 0.2) is 0 Å². The average Bonchev–Trinajstić information content (AvgIpc) is 2.42. The summed E-state index contributed by atoms with van der Waals surface area (Å²) < 4.78 is 0. The second-order valence-electron chi connectivity index (χ2n) is 5.13. The highest BCUT2D eigenvalue weighted by Crippen LogP contribution is 2.20. The van der Waals surface area contributed by atoms with Crippen molar-refractivity contribution < 1.29 is 0 Å². The van der Waals surface area contributed by atoms with Crippen LogP contribution in [-0.2, 0) is 0 Å². The van der Waals surface area contributed by atoms with E-state index in [9.17, 15) is 0 Å². The minimum Gasteiger partial charge on any atom is -0.313 e. The van der Waals surface area contributed by atoms with E-state index in [1.807, 2.05) is 19.2 Å². The molecular formula is C16H27ClN2. The van der Waals surface area contributed by atoms with Gasteiger partial charge in [0.1, 0.15) is 0 Å². The van der Waals surface area contributed by atoms with Gasteiger partial charge >= 0.3 is 0 Å². The van der Waals surface area contributed by atoms with E-state index in [4.69, 9.17) is 11.6 Å². The van der Waals surface area contributed by atoms with Gasteiger partial charge in [0.2, 0.25) is 0 Å². The predicted molar refractivity (Wildman–Crippen MR) is 84.9 cm³/mol. The first-order valence-corrected chi connectivity index (χ1v) is 7.63. The fraction of sp³-hybridized carbons (Fsp3) is 0.625. The third-order valence-electron chi connectivity index (χ3n) is 3.96. The standard InChI is InChI=1S/C16H27ClN2/c1-5-15(6-2)19(4)12-11-16(18-3)13-7-9-14(17)10-8-13/h7-10,15-16,18H,5-6,11-12H2,1-4H3. The molecule has 1 atom stereocenters. The lowest BCUT2D eigenvalue weighted by Crippen LogP contribution is -2.33. The lowest BCUT2D eigenvalue weighted by atomic mass is 10.0. The minimum atomic E-state index is 0.397. The molecule has 1 aromatic rings. The summed E-state index contributed by atoms with van der Waals surface area (Å²) in [5.74, 6) is 0. The quantitative estimate of drug-likeness (QED) is 0.772. The maximum absolute atomic E-state index is 5.94. The van der Waals surface area contributed by atoms with E-state index in [2.05, 4.69) is 43.2 Å². The van der Waals surface area contributed by atoms with Crippen molar-refractivity contribution in [1.29, 1.82) is 0 Å². The summed E-state index contributed by atoms with van der Waals surface area (Å²) >= 11 is 5.94. The topological polar surface area (TPSA) is 15.3 Å². The van der Waals surface area contributed by atoms with Gasteiger partial charge in [0.25, 0.3) is 0 Å². The zero-order chi connectivity index (χ0) is 14.3. The molecule has 0 aliphatic carbocycles. The predicted octanol–water partition coefficient (Wildman–Crippen LogP) is 4.11. The number of hydrogen-bond acceptors (Lipinski definition) is 2. The van der Waals surface area contributed by atoms with E-state index < -0.39 is 0 Å². The molecular weight excluding hydrogens is 256 g/mol. The Balaban J connectivity index is 2.55. The monoisotopic (exact) mass is 282 g/mol. The molecule has 0 bridgehead atoms. The zero-order valence-corrected chi connectivity index (χ0v) is 13.4. The van der Waals surface area contributed by atoms with Crippen LogP contribution in [-0.4, -0.2) is 31.6 Å². The third-order valence-corrected chi connectivity index (χ3v) is 4.21. The van der Waals surface area contributed by atoms with Crippen molar-refractivity contribution in [2.24, 2.45) is 0 Å². The first kappa shape index (κ1) is 16.5. The van der Waals surface area contributed by atoms with Gasteiger partial charge in [-0.3, -0.25) is 0 Å². The molecule has 1 aromatic carbocycles. The molecule has 0 aromatic heterocycles. The molecule has 1 N–H and O–H groups in total. The Labute approximate surface area is 123 Å². The molecule has 0 saturated heterocycles. The number of nitrogens with one attached hydrogen (secondary N) is 1. The maximum Gasteiger partial charge on any atom is 0.0406 e. The summed E-state index contributed by atoms with van der Waals surface area (Å²) in [5, 5.41) is 4.20. The maximum atomic E-state index is 5.94. The molecule has 0 saturated carbocycles. The lowest BCUT2D eigenvalue weighted by molar-refractivity contribution is 0.219.